The number of hydrogen-bond acceptors (Lipinski definition) is 10. The number of carbonyl (C=O) groups is 1. The number of amides is 1. The maximum atomic E-state index is 11.4. The van der Waals surface area contributed by atoms with Gasteiger partial charge in [0.1, 0.15) is 45.6 Å². The first-order valence-corrected chi connectivity index (χ1v) is 33.0. The number of fused-ring (bicyclic) bond motifs is 4. The highest BCUT2D eigenvalue weighted by Crippen LogP contribution is 2.28. The van der Waals surface area contributed by atoms with Crippen LogP contribution in [0.15, 0.2) is 272 Å². The van der Waals surface area contributed by atoms with E-state index in [0.717, 1.165) is 79.4 Å². The molecule has 0 aliphatic carbocycles. The van der Waals surface area contributed by atoms with Crippen LogP contribution in [0.5, 0.6) is 0 Å². The molecule has 15 nitrogen and oxygen atoms in total. The number of carbonyl (C=O) groups excluding carboxylic acids is 1. The van der Waals surface area contributed by atoms with Gasteiger partial charge in [-0.05, 0) is 180 Å². The van der Waals surface area contributed by atoms with Crippen molar-refractivity contribution in [3.05, 3.63) is 328 Å². The van der Waals surface area contributed by atoms with E-state index in [1.807, 2.05) is 85.2 Å². The Balaban J connectivity index is 0.000000134. The predicted molar refractivity (Wildman–Crippen MR) is 399 cm³/mol. The quantitative estimate of drug-likeness (QED) is 0.0492. The second-order valence-corrected chi connectivity index (χ2v) is 24.1. The molecule has 18 heteroatoms. The summed E-state index contributed by atoms with van der Waals surface area (Å²) in [5.74, 6) is -0.517. The van der Waals surface area contributed by atoms with Crippen molar-refractivity contribution in [2.75, 3.05) is 0 Å². The topological polar surface area (TPSA) is 248 Å². The minimum atomic E-state index is -1.38. The van der Waals surface area contributed by atoms with Gasteiger partial charge in [-0.15, -0.1) is 0 Å². The molecule has 0 atom stereocenters. The van der Waals surface area contributed by atoms with Crippen molar-refractivity contribution in [2.24, 2.45) is 5.73 Å². The molecule has 15 aromatic rings. The molecule has 0 radical (unpaired) electrons. The van der Waals surface area contributed by atoms with E-state index in [9.17, 15) is 4.79 Å². The maximum Gasteiger partial charge on any atom is 0.488 e. The minimum Gasteiger partial charge on any atom is -0.423 e. The standard InChI is InChI=1S/C22H19N3O.C22H17N3.C14H9N3.C8H8BNO2.C8H9Br.C6H3BrN2/c1-15-5-7-16(8-6-15)14-25-12-11-18-13-17(9-10-21(18)25)19-3-2-4-20(24-19)22(23)26;1-16-5-7-17(8-6-16)15-25-12-11-19-13-18(9-10-22(19)25)21-4-2-3-20(14-23)24-21;15-9-12-2-1-3-14(17-12)10-4-5-13-11(8-10)6-7-16-13;11-9(12)7-1-2-8-6(5-7)3-4-10-8;1-7-2-4-8(6-9)5-3-7;7-6-3-1-2-5(4-8)9-6/h2-13H,14H2,1H3,(H2,23,26);2-13H,15H2,1H3;1-8,16H;1-5,10-12H;2-5H,6H2,1H3;1-3H. The molecule has 0 fully saturated rings. The van der Waals surface area contributed by atoms with Gasteiger partial charge in [0.25, 0.3) is 5.91 Å². The molecule has 7 aromatic carbocycles. The molecule has 1 amide bonds. The number of H-pyrrole nitrogens is 2. The van der Waals surface area contributed by atoms with Crippen LogP contribution in [0.4, 0.5) is 0 Å². The number of pyridine rings is 4. The van der Waals surface area contributed by atoms with Crippen molar-refractivity contribution in [1.29, 1.82) is 15.8 Å². The number of nitrogens with two attached hydrogens (primary N) is 1. The molecule has 8 aromatic heterocycles. The predicted octanol–water partition coefficient (Wildman–Crippen LogP) is 16.6. The molecule has 15 rings (SSSR count). The van der Waals surface area contributed by atoms with Gasteiger partial charge in [0.2, 0.25) is 0 Å². The number of aromatic amines is 2. The number of aryl methyl sites for hydroxylation is 3. The summed E-state index contributed by atoms with van der Waals surface area (Å²) in [5, 5.41) is 49.3. The summed E-state index contributed by atoms with van der Waals surface area (Å²) >= 11 is 6.52. The van der Waals surface area contributed by atoms with E-state index in [2.05, 4.69) is 238 Å². The summed E-state index contributed by atoms with van der Waals surface area (Å²) in [4.78, 5) is 34.4. The fraction of sp³-hybridized carbons (Fsp3) is 0.0750. The van der Waals surface area contributed by atoms with E-state index >= 15 is 0 Å². The molecule has 0 spiro atoms. The number of nitrogens with zero attached hydrogens (tertiary/aromatic N) is 9. The highest BCUT2D eigenvalue weighted by Gasteiger charge is 2.12. The van der Waals surface area contributed by atoms with E-state index < -0.39 is 13.0 Å². The van der Waals surface area contributed by atoms with Crippen LogP contribution >= 0.6 is 31.9 Å². The van der Waals surface area contributed by atoms with Crippen LogP contribution in [0, 0.1) is 54.8 Å². The van der Waals surface area contributed by atoms with Gasteiger partial charge in [0.05, 0.1) is 17.1 Å². The van der Waals surface area contributed by atoms with Crippen molar-refractivity contribution < 1.29 is 14.8 Å². The van der Waals surface area contributed by atoms with E-state index in [4.69, 9.17) is 31.6 Å². The molecule has 480 valence electrons. The van der Waals surface area contributed by atoms with Crippen LogP contribution in [0.3, 0.4) is 0 Å². The van der Waals surface area contributed by atoms with Gasteiger partial charge >= 0.3 is 7.12 Å². The van der Waals surface area contributed by atoms with Crippen molar-refractivity contribution in [1.82, 2.24) is 39.0 Å². The number of rotatable bonds is 10. The third-order valence-corrected chi connectivity index (χ3v) is 16.7. The average Bonchev–Trinajstić information content (AvgIpc) is 1.59. The molecule has 0 aliphatic rings. The monoisotopic (exact) mass is 1410 g/mol. The minimum absolute atomic E-state index is 0.277. The molecule has 98 heavy (non-hydrogen) atoms. The summed E-state index contributed by atoms with van der Waals surface area (Å²) < 4.78 is 5.18. The zero-order chi connectivity index (χ0) is 68.9. The van der Waals surface area contributed by atoms with Gasteiger partial charge in [-0.25, -0.2) is 19.9 Å². The smallest absolute Gasteiger partial charge is 0.423 e. The summed E-state index contributed by atoms with van der Waals surface area (Å²) in [6.07, 6.45) is 7.95. The Bertz CT molecular complexity index is 5330. The largest absolute Gasteiger partial charge is 0.488 e. The Kier molecular flexibility index (Phi) is 23.6. The summed E-state index contributed by atoms with van der Waals surface area (Å²) in [5.41, 5.74) is 25.1. The number of nitrogens with one attached hydrogen (secondary N) is 2. The number of nitriles is 3. The Morgan fingerprint density at radius 1 is 0.469 bits per heavy atom. The maximum absolute atomic E-state index is 11.4. The van der Waals surface area contributed by atoms with Crippen LogP contribution in [-0.4, -0.2) is 62.1 Å². The Hall–Kier alpha value is -11.8. The van der Waals surface area contributed by atoms with Crippen molar-refractivity contribution in [3.63, 3.8) is 0 Å². The number of aromatic nitrogens is 8. The van der Waals surface area contributed by atoms with Gasteiger partial charge < -0.3 is 34.9 Å². The number of hydrogen-bond donors (Lipinski definition) is 5. The molecule has 0 aliphatic heterocycles. The lowest BCUT2D eigenvalue weighted by Gasteiger charge is -2.07. The van der Waals surface area contributed by atoms with Crippen LogP contribution < -0.4 is 11.2 Å². The van der Waals surface area contributed by atoms with Crippen LogP contribution in [-0.2, 0) is 18.4 Å². The molecular formula is C80H65BBr2N12O3. The lowest BCUT2D eigenvalue weighted by molar-refractivity contribution is 0.0995. The molecule has 0 saturated carbocycles. The van der Waals surface area contributed by atoms with Crippen LogP contribution in [0.1, 0.15) is 61.0 Å². The molecule has 8 heterocycles. The fourth-order valence-electron chi connectivity index (χ4n) is 10.4. The zero-order valence-electron chi connectivity index (χ0n) is 53.8. The van der Waals surface area contributed by atoms with E-state index in [-0.39, 0.29) is 5.69 Å². The summed E-state index contributed by atoms with van der Waals surface area (Å²) in [6.45, 7) is 7.98. The number of benzene rings is 7. The molecule has 0 saturated heterocycles. The Labute approximate surface area is 584 Å². The van der Waals surface area contributed by atoms with Crippen molar-refractivity contribution in [2.45, 2.75) is 39.2 Å². The second kappa shape index (κ2) is 33.5. The third kappa shape index (κ3) is 18.8. The number of halogens is 2. The lowest BCUT2D eigenvalue weighted by atomic mass is 9.80. The second-order valence-electron chi connectivity index (χ2n) is 22.8. The van der Waals surface area contributed by atoms with Crippen LogP contribution in [0.25, 0.3) is 77.4 Å². The van der Waals surface area contributed by atoms with Gasteiger partial charge in [-0.2, -0.15) is 15.8 Å². The first-order valence-electron chi connectivity index (χ1n) is 31.1. The van der Waals surface area contributed by atoms with Gasteiger partial charge in [0.15, 0.2) is 0 Å². The molecule has 0 unspecified atom stereocenters. The van der Waals surface area contributed by atoms with Gasteiger partial charge in [-0.3, -0.25) is 4.79 Å². The summed E-state index contributed by atoms with van der Waals surface area (Å²) in [6, 6.07) is 85.3. The van der Waals surface area contributed by atoms with E-state index in [1.165, 1.54) is 49.8 Å². The van der Waals surface area contributed by atoms with E-state index in [0.29, 0.717) is 27.1 Å². The Morgan fingerprint density at radius 2 is 0.878 bits per heavy atom. The SMILES string of the molecule is Cc1ccc(CBr)cc1.Cc1ccc(Cn2ccc3cc(-c4cccc(C#N)n4)ccc32)cc1.Cc1ccc(Cn2ccc3cc(-c4cccc(C(N)=O)n4)ccc32)cc1.N#Cc1cccc(-c2ccc3[nH]ccc3c2)n1.N#Cc1cccc(Br)n1.OB(O)c1ccc2[nH]ccc2c1. The zero-order valence-corrected chi connectivity index (χ0v) is 56.9. The third-order valence-electron chi connectivity index (χ3n) is 15.6. The normalized spacial score (nSPS) is 10.4. The Morgan fingerprint density at radius 3 is 1.32 bits per heavy atom. The molecular weight excluding hydrogens is 1350 g/mol. The highest BCUT2D eigenvalue weighted by molar-refractivity contribution is 9.10. The van der Waals surface area contributed by atoms with Gasteiger partial charge in [-0.1, -0.05) is 160 Å². The van der Waals surface area contributed by atoms with Crippen molar-refractivity contribution >= 4 is 94.0 Å². The highest BCUT2D eigenvalue weighted by atomic mass is 79.9. The average molecular weight is 1410 g/mol. The van der Waals surface area contributed by atoms with Crippen molar-refractivity contribution in [3.8, 4) is 52.0 Å². The summed E-state index contributed by atoms with van der Waals surface area (Å²) in [7, 11) is -1.38. The molecule has 6 N–H and O–H groups in total. The van der Waals surface area contributed by atoms with E-state index in [1.54, 1.807) is 54.6 Å². The fourth-order valence-corrected chi connectivity index (χ4v) is 11.1. The first kappa shape index (κ1) is 69.0. The number of alkyl halides is 1. The molecule has 0 bridgehead atoms. The van der Waals surface area contributed by atoms with Crippen LogP contribution in [0.2, 0.25) is 0 Å². The first-order chi connectivity index (χ1) is 47.6. The lowest BCUT2D eigenvalue weighted by Crippen LogP contribution is -2.29. The number of primary amides is 1. The van der Waals surface area contributed by atoms with Gasteiger partial charge in [0, 0.05) is 98.1 Å².